The Morgan fingerprint density at radius 2 is 1.26 bits per heavy atom. The van der Waals surface area contributed by atoms with Crippen molar-refractivity contribution >= 4 is 40.2 Å². The van der Waals surface area contributed by atoms with Gasteiger partial charge < -0.3 is 5.32 Å². The monoisotopic (exact) mass is 442 g/mol. The van der Waals surface area contributed by atoms with E-state index >= 15 is 0 Å². The van der Waals surface area contributed by atoms with Crippen molar-refractivity contribution in [3.05, 3.63) is 117 Å². The summed E-state index contributed by atoms with van der Waals surface area (Å²) in [6.07, 6.45) is 3.41. The average Bonchev–Trinajstić information content (AvgIpc) is 2.88. The summed E-state index contributed by atoms with van der Waals surface area (Å²) < 4.78 is 0. The van der Waals surface area contributed by atoms with Crippen molar-refractivity contribution in [2.75, 3.05) is 5.32 Å². The number of nitrogens with zero attached hydrogens (tertiary/aromatic N) is 1. The van der Waals surface area contributed by atoms with Crippen LogP contribution in [-0.4, -0.2) is 34.9 Å². The van der Waals surface area contributed by atoms with Gasteiger partial charge in [0.15, 0.2) is 23.1 Å². The minimum absolute atomic E-state index is 0.210. The lowest BCUT2D eigenvalue weighted by Gasteiger charge is -2.33. The van der Waals surface area contributed by atoms with Gasteiger partial charge in [0.1, 0.15) is 0 Å². The zero-order valence-electron chi connectivity index (χ0n) is 17.6. The summed E-state index contributed by atoms with van der Waals surface area (Å²) in [6, 6.07) is 16.3. The van der Waals surface area contributed by atoms with E-state index in [9.17, 15) is 19.2 Å². The highest BCUT2D eigenvalue weighted by atomic mass is 16.1. The second kappa shape index (κ2) is 6.42. The van der Waals surface area contributed by atoms with Crippen LogP contribution in [0.15, 0.2) is 89.0 Å². The van der Waals surface area contributed by atoms with Crippen LogP contribution >= 0.6 is 0 Å². The van der Waals surface area contributed by atoms with E-state index < -0.39 is 6.04 Å². The molecule has 3 aromatic carbocycles. The highest BCUT2D eigenvalue weighted by Crippen LogP contribution is 2.43. The van der Waals surface area contributed by atoms with E-state index in [-0.39, 0.29) is 34.3 Å². The first-order chi connectivity index (χ1) is 16.5. The number of allylic oxidation sites excluding steroid dienone is 2. The number of anilines is 1. The van der Waals surface area contributed by atoms with Crippen molar-refractivity contribution in [1.29, 1.82) is 0 Å². The third kappa shape index (κ3) is 2.26. The zero-order chi connectivity index (χ0) is 23.1. The Bertz CT molecular complexity index is 1650. The van der Waals surface area contributed by atoms with Crippen LogP contribution in [0.5, 0.6) is 0 Å². The number of Topliss-reactive ketones (excluding diaryl/α,β-unsaturated/α-hetero) is 2. The van der Waals surface area contributed by atoms with Crippen LogP contribution in [-0.2, 0) is 0 Å². The number of benzene rings is 3. The molecule has 6 heteroatoms. The fraction of sp³-hybridized carbons (Fsp3) is 0.0357. The van der Waals surface area contributed by atoms with Crippen molar-refractivity contribution < 1.29 is 19.2 Å². The second-order valence-electron chi connectivity index (χ2n) is 8.56. The standard InChI is InChI=1S/C28H14N2O4/c31-25-13-5-1-3-7-15(13)27(33)21-17(25)9-11-19-23(21)29-20-12-10-18-22(24(20)30-19)28(34)16-8-4-2-6-14(16)26(18)32/h1-12,19,30H. The normalized spacial score (nSPS) is 19.3. The summed E-state index contributed by atoms with van der Waals surface area (Å²) in [5, 5.41) is 3.31. The predicted molar refractivity (Wildman–Crippen MR) is 126 cm³/mol. The maximum absolute atomic E-state index is 13.4. The molecule has 0 spiro atoms. The molecule has 3 aromatic rings. The van der Waals surface area contributed by atoms with E-state index in [0.29, 0.717) is 50.5 Å². The van der Waals surface area contributed by atoms with Crippen LogP contribution < -0.4 is 5.32 Å². The third-order valence-corrected chi connectivity index (χ3v) is 6.78. The number of hydrogen-bond donors (Lipinski definition) is 1. The van der Waals surface area contributed by atoms with Crippen LogP contribution in [0.25, 0.3) is 0 Å². The second-order valence-corrected chi connectivity index (χ2v) is 8.56. The summed E-state index contributed by atoms with van der Waals surface area (Å²) in [7, 11) is 0. The van der Waals surface area contributed by atoms with E-state index in [0.717, 1.165) is 0 Å². The van der Waals surface area contributed by atoms with E-state index in [1.54, 1.807) is 72.8 Å². The zero-order valence-corrected chi connectivity index (χ0v) is 17.6. The number of hydrogen-bond acceptors (Lipinski definition) is 6. The topological polar surface area (TPSA) is 92.7 Å². The van der Waals surface area contributed by atoms with Crippen molar-refractivity contribution in [3.63, 3.8) is 0 Å². The van der Waals surface area contributed by atoms with Crippen LogP contribution in [0, 0.1) is 0 Å². The molecule has 1 heterocycles. The summed E-state index contributed by atoms with van der Waals surface area (Å²) in [5.41, 5.74) is 4.05. The van der Waals surface area contributed by atoms with Gasteiger partial charge in [0.2, 0.25) is 0 Å². The van der Waals surface area contributed by atoms with Crippen LogP contribution in [0.4, 0.5) is 11.4 Å². The van der Waals surface area contributed by atoms with E-state index in [1.165, 1.54) is 0 Å². The Kier molecular flexibility index (Phi) is 3.55. The maximum atomic E-state index is 13.4. The van der Waals surface area contributed by atoms with Gasteiger partial charge in [-0.25, -0.2) is 4.99 Å². The van der Waals surface area contributed by atoms with Crippen LogP contribution in [0.1, 0.15) is 52.6 Å². The molecule has 160 valence electrons. The van der Waals surface area contributed by atoms with Gasteiger partial charge in [-0.1, -0.05) is 60.7 Å². The number of aliphatic imine (C=N–C) groups is 1. The molecule has 34 heavy (non-hydrogen) atoms. The molecule has 0 aromatic heterocycles. The average molecular weight is 442 g/mol. The molecule has 1 N–H and O–H groups in total. The van der Waals surface area contributed by atoms with E-state index in [1.807, 2.05) is 0 Å². The smallest absolute Gasteiger partial charge is 0.196 e. The first-order valence-corrected chi connectivity index (χ1v) is 10.9. The van der Waals surface area contributed by atoms with E-state index in [2.05, 4.69) is 5.32 Å². The Morgan fingerprint density at radius 1 is 0.647 bits per heavy atom. The Balaban J connectivity index is 1.42. The summed E-state index contributed by atoms with van der Waals surface area (Å²) >= 11 is 0. The lowest BCUT2D eigenvalue weighted by molar-refractivity contribution is 0.0979. The fourth-order valence-electron chi connectivity index (χ4n) is 5.19. The van der Waals surface area contributed by atoms with E-state index in [4.69, 9.17) is 4.99 Å². The van der Waals surface area contributed by atoms with Gasteiger partial charge >= 0.3 is 0 Å². The minimum Gasteiger partial charge on any atom is -0.371 e. The molecule has 1 unspecified atom stereocenters. The molecule has 0 saturated carbocycles. The first-order valence-electron chi connectivity index (χ1n) is 10.9. The molecule has 0 bridgehead atoms. The maximum Gasteiger partial charge on any atom is 0.196 e. The number of carbonyl (C=O) groups is 4. The molecule has 0 fully saturated rings. The molecule has 1 atom stereocenters. The molecule has 0 amide bonds. The van der Waals surface area contributed by atoms with Crippen molar-refractivity contribution in [2.45, 2.75) is 6.04 Å². The summed E-state index contributed by atoms with van der Waals surface area (Å²) in [4.78, 5) is 57.7. The predicted octanol–water partition coefficient (Wildman–Crippen LogP) is 4.27. The highest BCUT2D eigenvalue weighted by Gasteiger charge is 2.41. The van der Waals surface area contributed by atoms with Crippen LogP contribution in [0.2, 0.25) is 0 Å². The molecular weight excluding hydrogens is 428 g/mol. The molecule has 0 radical (unpaired) electrons. The van der Waals surface area contributed by atoms with Gasteiger partial charge in [0.05, 0.1) is 34.3 Å². The molecule has 6 nitrogen and oxygen atoms in total. The Labute approximate surface area is 193 Å². The fourth-order valence-corrected chi connectivity index (χ4v) is 5.19. The molecule has 1 aliphatic heterocycles. The molecule has 3 aliphatic carbocycles. The van der Waals surface area contributed by atoms with Gasteiger partial charge in [0.25, 0.3) is 0 Å². The minimum atomic E-state index is -0.514. The van der Waals surface area contributed by atoms with Gasteiger partial charge in [-0.05, 0) is 12.1 Å². The van der Waals surface area contributed by atoms with Crippen molar-refractivity contribution in [1.82, 2.24) is 0 Å². The van der Waals surface area contributed by atoms with Gasteiger partial charge in [0, 0.05) is 33.4 Å². The molecule has 4 aliphatic rings. The SMILES string of the molecule is O=C1C2=C(C(=O)c3ccccc31)C1=Nc3ccc4c(c3NC1C=C2)C(=O)c1ccccc1C4=O. The highest BCUT2D eigenvalue weighted by molar-refractivity contribution is 6.41. The number of nitrogens with one attached hydrogen (secondary N) is 1. The Morgan fingerprint density at radius 3 is 1.97 bits per heavy atom. The van der Waals surface area contributed by atoms with Crippen molar-refractivity contribution in [2.24, 2.45) is 4.99 Å². The molecule has 7 rings (SSSR count). The van der Waals surface area contributed by atoms with Gasteiger partial charge in [-0.3, -0.25) is 19.2 Å². The van der Waals surface area contributed by atoms with Gasteiger partial charge in [-0.15, -0.1) is 0 Å². The third-order valence-electron chi connectivity index (χ3n) is 6.78. The Hall–Kier alpha value is -4.71. The molecule has 0 saturated heterocycles. The number of carbonyl (C=O) groups excluding carboxylic acids is 4. The van der Waals surface area contributed by atoms with Crippen LogP contribution in [0.3, 0.4) is 0 Å². The van der Waals surface area contributed by atoms with Gasteiger partial charge in [-0.2, -0.15) is 0 Å². The summed E-state index contributed by atoms with van der Waals surface area (Å²) in [6.45, 7) is 0. The number of ketones is 4. The van der Waals surface area contributed by atoms with Crippen molar-refractivity contribution in [3.8, 4) is 0 Å². The quantitative estimate of drug-likeness (QED) is 0.439. The lowest BCUT2D eigenvalue weighted by atomic mass is 9.77. The lowest BCUT2D eigenvalue weighted by Crippen LogP contribution is -2.40. The first kappa shape index (κ1) is 18.8. The largest absolute Gasteiger partial charge is 0.371 e. The number of rotatable bonds is 0. The summed E-state index contributed by atoms with van der Waals surface area (Å²) in [5.74, 6) is -0.915. The molecular formula is C28H14N2O4. The number of fused-ring (bicyclic) bond motifs is 7.